The van der Waals surface area contributed by atoms with Crippen LogP contribution in [0.1, 0.15) is 174 Å². The van der Waals surface area contributed by atoms with Gasteiger partial charge in [0, 0.05) is 12.8 Å². The van der Waals surface area contributed by atoms with E-state index in [9.17, 15) is 45.3 Å². The molecule has 2 fully saturated rings. The number of unbranched alkanes of at least 4 members (excludes halogenated alkanes) is 20. The van der Waals surface area contributed by atoms with Crippen LogP contribution in [0.5, 0.6) is 0 Å². The quantitative estimate of drug-likeness (QED) is 0.0236. The average Bonchev–Trinajstić information content (AvgIpc) is 3.25. The van der Waals surface area contributed by atoms with E-state index >= 15 is 0 Å². The van der Waals surface area contributed by atoms with E-state index in [1.165, 1.54) is 89.9 Å². The molecule has 61 heavy (non-hydrogen) atoms. The third kappa shape index (κ3) is 23.7. The summed E-state index contributed by atoms with van der Waals surface area (Å²) in [5.74, 6) is -0.939. The molecule has 2 aliphatic rings. The van der Waals surface area contributed by atoms with Crippen molar-refractivity contribution in [3.05, 3.63) is 12.2 Å². The number of carbonyl (C=O) groups excluding carboxylic acids is 2. The Labute approximate surface area is 365 Å². The number of aliphatic hydroxyl groups excluding tert-OH is 7. The average molecular weight is 877 g/mol. The molecule has 11 atom stereocenters. The number of aliphatic hydroxyl groups is 7. The highest BCUT2D eigenvalue weighted by molar-refractivity contribution is 5.70. The van der Waals surface area contributed by atoms with E-state index in [1.54, 1.807) is 0 Å². The Bertz CT molecular complexity index is 1120. The summed E-state index contributed by atoms with van der Waals surface area (Å²) in [6.07, 6.45) is 14.0. The monoisotopic (exact) mass is 877 g/mol. The van der Waals surface area contributed by atoms with Crippen LogP contribution in [-0.4, -0.2) is 142 Å². The lowest BCUT2D eigenvalue weighted by atomic mass is 9.98. The Morgan fingerprint density at radius 2 is 0.934 bits per heavy atom. The standard InChI is InChI=1S/C46H84O15/c1-3-5-7-9-11-13-15-17-19-21-23-25-27-29-38(49)59-34(31-56-37(48)28-26-24-22-20-18-16-14-12-10-8-6-4-2)32-57-45-44(55)42(53)40(51)36(61-45)33-58-46-43(54)41(52)39(50)35(30-47)60-46/h17,19,34-36,39-47,50-55H,3-16,18,20-33H2,1-2H3/b19-17+/t34-,35-,36-,39+,40+,41?,42?,43?,44?,45-,46-/m1/s1. The van der Waals surface area contributed by atoms with Crippen molar-refractivity contribution in [3.8, 4) is 0 Å². The number of hydrogen-bond donors (Lipinski definition) is 7. The van der Waals surface area contributed by atoms with Crippen LogP contribution in [0.25, 0.3) is 0 Å². The summed E-state index contributed by atoms with van der Waals surface area (Å²) < 4.78 is 33.5. The van der Waals surface area contributed by atoms with Gasteiger partial charge in [-0.05, 0) is 38.5 Å². The second kappa shape index (κ2) is 34.6. The number of allylic oxidation sites excluding steroid dienone is 2. The SMILES string of the molecule is CCCCCCCC/C=C/CCCCCC(=O)O[C@H](COC(=O)CCCCCCCCCCCCCC)CO[C@@H]1O[C@H](CO[C@@H]2O[C@H](CO)[C@H](O)C(O)C2O)[C@H](O)C(O)C1O. The van der Waals surface area contributed by atoms with Gasteiger partial charge >= 0.3 is 11.9 Å². The van der Waals surface area contributed by atoms with Crippen LogP contribution in [-0.2, 0) is 38.0 Å². The minimum Gasteiger partial charge on any atom is -0.462 e. The number of rotatable bonds is 36. The van der Waals surface area contributed by atoms with Crippen molar-refractivity contribution in [1.29, 1.82) is 0 Å². The molecule has 2 heterocycles. The summed E-state index contributed by atoms with van der Waals surface area (Å²) in [6.45, 7) is 2.55. The van der Waals surface area contributed by atoms with E-state index in [0.29, 0.717) is 12.8 Å². The molecular weight excluding hydrogens is 792 g/mol. The summed E-state index contributed by atoms with van der Waals surface area (Å²) in [5, 5.41) is 71.9. The van der Waals surface area contributed by atoms with Crippen LogP contribution in [0.4, 0.5) is 0 Å². The molecule has 2 saturated heterocycles. The second-order valence-electron chi connectivity index (χ2n) is 16.9. The Kier molecular flexibility index (Phi) is 31.4. The molecule has 0 aliphatic carbocycles. The maximum atomic E-state index is 12.9. The smallest absolute Gasteiger partial charge is 0.306 e. The molecule has 0 aromatic heterocycles. The van der Waals surface area contributed by atoms with Crippen LogP contribution in [0.2, 0.25) is 0 Å². The fourth-order valence-electron chi connectivity index (χ4n) is 7.50. The summed E-state index contributed by atoms with van der Waals surface area (Å²) in [7, 11) is 0. The predicted octanol–water partition coefficient (Wildman–Crippen LogP) is 5.43. The predicted molar refractivity (Wildman–Crippen MR) is 229 cm³/mol. The zero-order valence-corrected chi connectivity index (χ0v) is 37.4. The van der Waals surface area contributed by atoms with Gasteiger partial charge in [0.1, 0.15) is 55.4 Å². The molecule has 0 spiro atoms. The largest absolute Gasteiger partial charge is 0.462 e. The van der Waals surface area contributed by atoms with Crippen molar-refractivity contribution < 1.29 is 73.8 Å². The van der Waals surface area contributed by atoms with Gasteiger partial charge in [0.05, 0.1) is 19.8 Å². The first kappa shape index (κ1) is 55.4. The minimum absolute atomic E-state index is 0.148. The van der Waals surface area contributed by atoms with Crippen LogP contribution in [0.15, 0.2) is 12.2 Å². The molecule has 0 saturated carbocycles. The molecule has 358 valence electrons. The maximum Gasteiger partial charge on any atom is 0.306 e. The van der Waals surface area contributed by atoms with E-state index < -0.39 is 92.7 Å². The van der Waals surface area contributed by atoms with Gasteiger partial charge in [0.15, 0.2) is 18.7 Å². The normalized spacial score (nSPS) is 27.4. The van der Waals surface area contributed by atoms with Crippen molar-refractivity contribution in [2.24, 2.45) is 0 Å². The lowest BCUT2D eigenvalue weighted by Crippen LogP contribution is -2.61. The molecular formula is C46H84O15. The van der Waals surface area contributed by atoms with Gasteiger partial charge in [-0.15, -0.1) is 0 Å². The van der Waals surface area contributed by atoms with E-state index in [-0.39, 0.29) is 26.1 Å². The number of ether oxygens (including phenoxy) is 6. The first-order valence-electron chi connectivity index (χ1n) is 23.8. The Hall–Kier alpha value is -1.76. The molecule has 0 radical (unpaired) electrons. The molecule has 4 unspecified atom stereocenters. The first-order chi connectivity index (χ1) is 29.5. The van der Waals surface area contributed by atoms with E-state index in [2.05, 4.69) is 26.0 Å². The van der Waals surface area contributed by atoms with Gasteiger partial charge in [0.2, 0.25) is 0 Å². The van der Waals surface area contributed by atoms with Gasteiger partial charge in [0.25, 0.3) is 0 Å². The fourth-order valence-corrected chi connectivity index (χ4v) is 7.50. The Morgan fingerprint density at radius 3 is 1.46 bits per heavy atom. The summed E-state index contributed by atoms with van der Waals surface area (Å²) in [6, 6.07) is 0. The van der Waals surface area contributed by atoms with Crippen LogP contribution >= 0.6 is 0 Å². The van der Waals surface area contributed by atoms with Gasteiger partial charge in [-0.25, -0.2) is 0 Å². The zero-order valence-electron chi connectivity index (χ0n) is 37.4. The Morgan fingerprint density at radius 1 is 0.508 bits per heavy atom. The fraction of sp³-hybridized carbons (Fsp3) is 0.913. The third-order valence-electron chi connectivity index (χ3n) is 11.5. The van der Waals surface area contributed by atoms with Crippen molar-refractivity contribution >= 4 is 11.9 Å². The molecule has 0 bridgehead atoms. The van der Waals surface area contributed by atoms with Crippen LogP contribution < -0.4 is 0 Å². The van der Waals surface area contributed by atoms with Gasteiger partial charge in [-0.3, -0.25) is 9.59 Å². The second-order valence-corrected chi connectivity index (χ2v) is 16.9. The molecule has 0 aromatic carbocycles. The minimum atomic E-state index is -1.76. The van der Waals surface area contributed by atoms with Gasteiger partial charge in [-0.1, -0.05) is 135 Å². The molecule has 2 aliphatic heterocycles. The molecule has 15 nitrogen and oxygen atoms in total. The van der Waals surface area contributed by atoms with E-state index in [4.69, 9.17) is 28.4 Å². The van der Waals surface area contributed by atoms with E-state index in [1.807, 2.05) is 0 Å². The van der Waals surface area contributed by atoms with Crippen molar-refractivity contribution in [2.75, 3.05) is 26.4 Å². The first-order valence-corrected chi connectivity index (χ1v) is 23.8. The van der Waals surface area contributed by atoms with Gasteiger partial charge < -0.3 is 64.2 Å². The van der Waals surface area contributed by atoms with Crippen molar-refractivity contribution in [1.82, 2.24) is 0 Å². The number of hydrogen-bond acceptors (Lipinski definition) is 15. The molecule has 15 heteroatoms. The van der Waals surface area contributed by atoms with Crippen molar-refractivity contribution in [3.63, 3.8) is 0 Å². The molecule has 0 amide bonds. The summed E-state index contributed by atoms with van der Waals surface area (Å²) in [4.78, 5) is 25.6. The summed E-state index contributed by atoms with van der Waals surface area (Å²) >= 11 is 0. The highest BCUT2D eigenvalue weighted by atomic mass is 16.7. The zero-order chi connectivity index (χ0) is 44.7. The highest BCUT2D eigenvalue weighted by Gasteiger charge is 2.47. The van der Waals surface area contributed by atoms with Crippen LogP contribution in [0, 0.1) is 0 Å². The van der Waals surface area contributed by atoms with E-state index in [0.717, 1.165) is 44.9 Å². The lowest BCUT2D eigenvalue weighted by molar-refractivity contribution is -0.332. The summed E-state index contributed by atoms with van der Waals surface area (Å²) in [5.41, 5.74) is 0. The topological polar surface area (TPSA) is 231 Å². The Balaban J connectivity index is 1.85. The van der Waals surface area contributed by atoms with Gasteiger partial charge in [-0.2, -0.15) is 0 Å². The lowest BCUT2D eigenvalue weighted by Gasteiger charge is -2.42. The number of carbonyl (C=O) groups is 2. The molecule has 0 aromatic rings. The highest BCUT2D eigenvalue weighted by Crippen LogP contribution is 2.26. The van der Waals surface area contributed by atoms with Crippen LogP contribution in [0.3, 0.4) is 0 Å². The molecule has 2 rings (SSSR count). The molecule has 7 N–H and O–H groups in total. The van der Waals surface area contributed by atoms with Crippen molar-refractivity contribution in [2.45, 2.75) is 242 Å². The third-order valence-corrected chi connectivity index (χ3v) is 11.5. The maximum absolute atomic E-state index is 12.9. The number of esters is 2.